The van der Waals surface area contributed by atoms with Crippen LogP contribution in [0.25, 0.3) is 0 Å². The molecular weight excluding hydrogens is 392 g/mol. The highest BCUT2D eigenvalue weighted by molar-refractivity contribution is 8.00. The zero-order valence-corrected chi connectivity index (χ0v) is 18.5. The van der Waals surface area contributed by atoms with Crippen molar-refractivity contribution in [3.8, 4) is 0 Å². The molecule has 5 heteroatoms. The lowest BCUT2D eigenvalue weighted by Crippen LogP contribution is -2.22. The SMILES string of the molecule is Cc1cc(C)cc(NC(=O)C(C)Sc2cccc(NC(=O)c3cccc(C)c3)c2)c1. The van der Waals surface area contributed by atoms with Gasteiger partial charge in [-0.3, -0.25) is 9.59 Å². The summed E-state index contributed by atoms with van der Waals surface area (Å²) in [6.07, 6.45) is 0. The van der Waals surface area contributed by atoms with Crippen LogP contribution in [-0.2, 0) is 4.79 Å². The Hall–Kier alpha value is -3.05. The highest BCUT2D eigenvalue weighted by Crippen LogP contribution is 2.27. The van der Waals surface area contributed by atoms with Gasteiger partial charge < -0.3 is 10.6 Å². The molecule has 3 aromatic rings. The van der Waals surface area contributed by atoms with Crippen LogP contribution in [0.4, 0.5) is 11.4 Å². The second-order valence-corrected chi connectivity index (χ2v) is 8.89. The summed E-state index contributed by atoms with van der Waals surface area (Å²) < 4.78 is 0. The topological polar surface area (TPSA) is 58.2 Å². The first-order chi connectivity index (χ1) is 14.3. The summed E-state index contributed by atoms with van der Waals surface area (Å²) in [7, 11) is 0. The van der Waals surface area contributed by atoms with Crippen LogP contribution in [0.5, 0.6) is 0 Å². The Labute approximate surface area is 182 Å². The molecule has 0 saturated heterocycles. The average Bonchev–Trinajstić information content (AvgIpc) is 2.67. The number of rotatable bonds is 6. The molecule has 1 unspecified atom stereocenters. The van der Waals surface area contributed by atoms with Crippen molar-refractivity contribution in [2.75, 3.05) is 10.6 Å². The van der Waals surface area contributed by atoms with Gasteiger partial charge in [0.05, 0.1) is 5.25 Å². The second kappa shape index (κ2) is 9.63. The largest absolute Gasteiger partial charge is 0.325 e. The van der Waals surface area contributed by atoms with Crippen molar-refractivity contribution >= 4 is 35.0 Å². The molecule has 30 heavy (non-hydrogen) atoms. The molecule has 0 spiro atoms. The third-order valence-electron chi connectivity index (χ3n) is 4.54. The molecule has 0 aliphatic heterocycles. The lowest BCUT2D eigenvalue weighted by Gasteiger charge is -2.14. The summed E-state index contributed by atoms with van der Waals surface area (Å²) in [6.45, 7) is 7.86. The van der Waals surface area contributed by atoms with E-state index in [1.165, 1.54) is 11.8 Å². The Kier molecular flexibility index (Phi) is 6.95. The lowest BCUT2D eigenvalue weighted by molar-refractivity contribution is -0.115. The first-order valence-corrected chi connectivity index (χ1v) is 10.7. The molecule has 0 aliphatic carbocycles. The van der Waals surface area contributed by atoms with Gasteiger partial charge in [0.25, 0.3) is 5.91 Å². The van der Waals surface area contributed by atoms with Gasteiger partial charge in [-0.15, -0.1) is 11.8 Å². The normalized spacial score (nSPS) is 11.6. The van der Waals surface area contributed by atoms with Gasteiger partial charge in [-0.1, -0.05) is 29.8 Å². The van der Waals surface area contributed by atoms with Crippen LogP contribution >= 0.6 is 11.8 Å². The molecule has 0 saturated carbocycles. The summed E-state index contributed by atoms with van der Waals surface area (Å²) in [5.74, 6) is -0.208. The third kappa shape index (κ3) is 5.97. The summed E-state index contributed by atoms with van der Waals surface area (Å²) in [6, 6.07) is 21.0. The van der Waals surface area contributed by atoms with Crippen LogP contribution in [0.3, 0.4) is 0 Å². The number of hydrogen-bond acceptors (Lipinski definition) is 3. The Bertz CT molecular complexity index is 1060. The Balaban J connectivity index is 1.64. The monoisotopic (exact) mass is 418 g/mol. The zero-order chi connectivity index (χ0) is 21.7. The molecular formula is C25H26N2O2S. The average molecular weight is 419 g/mol. The Morgan fingerprint density at radius 1 is 0.767 bits per heavy atom. The molecule has 0 fully saturated rings. The van der Waals surface area contributed by atoms with Crippen molar-refractivity contribution < 1.29 is 9.59 Å². The fourth-order valence-corrected chi connectivity index (χ4v) is 4.11. The smallest absolute Gasteiger partial charge is 0.255 e. The van der Waals surface area contributed by atoms with E-state index >= 15 is 0 Å². The molecule has 2 N–H and O–H groups in total. The maximum absolute atomic E-state index is 12.6. The van der Waals surface area contributed by atoms with E-state index in [0.29, 0.717) is 11.3 Å². The molecule has 1 atom stereocenters. The van der Waals surface area contributed by atoms with E-state index in [2.05, 4.69) is 16.7 Å². The van der Waals surface area contributed by atoms with Gasteiger partial charge in [-0.05, 0) is 81.3 Å². The van der Waals surface area contributed by atoms with E-state index in [0.717, 1.165) is 27.3 Å². The summed E-state index contributed by atoms with van der Waals surface area (Å²) >= 11 is 1.46. The maximum atomic E-state index is 12.6. The van der Waals surface area contributed by atoms with Crippen LogP contribution in [0.1, 0.15) is 34.0 Å². The zero-order valence-electron chi connectivity index (χ0n) is 17.7. The Morgan fingerprint density at radius 3 is 2.17 bits per heavy atom. The number of anilines is 2. The van der Waals surface area contributed by atoms with Gasteiger partial charge in [0.2, 0.25) is 5.91 Å². The lowest BCUT2D eigenvalue weighted by atomic mass is 10.1. The van der Waals surface area contributed by atoms with Crippen molar-refractivity contribution in [3.63, 3.8) is 0 Å². The number of carbonyl (C=O) groups excluding carboxylic acids is 2. The van der Waals surface area contributed by atoms with E-state index < -0.39 is 0 Å². The van der Waals surface area contributed by atoms with E-state index in [1.54, 1.807) is 6.07 Å². The molecule has 154 valence electrons. The van der Waals surface area contributed by atoms with Crippen LogP contribution in [-0.4, -0.2) is 17.1 Å². The predicted molar refractivity (Wildman–Crippen MR) is 125 cm³/mol. The molecule has 3 rings (SSSR count). The maximum Gasteiger partial charge on any atom is 0.255 e. The van der Waals surface area contributed by atoms with Gasteiger partial charge in [0, 0.05) is 21.8 Å². The molecule has 0 aromatic heterocycles. The number of aryl methyl sites for hydroxylation is 3. The van der Waals surface area contributed by atoms with Crippen molar-refractivity contribution in [1.82, 2.24) is 0 Å². The number of thioether (sulfide) groups is 1. The van der Waals surface area contributed by atoms with Crippen molar-refractivity contribution in [2.24, 2.45) is 0 Å². The van der Waals surface area contributed by atoms with Gasteiger partial charge in [0.1, 0.15) is 0 Å². The minimum absolute atomic E-state index is 0.0563. The van der Waals surface area contributed by atoms with Crippen molar-refractivity contribution in [2.45, 2.75) is 37.8 Å². The summed E-state index contributed by atoms with van der Waals surface area (Å²) in [5, 5.41) is 5.63. The first kappa shape index (κ1) is 21.7. The molecule has 4 nitrogen and oxygen atoms in total. The third-order valence-corrected chi connectivity index (χ3v) is 5.64. The molecule has 0 radical (unpaired) electrons. The molecule has 0 bridgehead atoms. The van der Waals surface area contributed by atoms with E-state index in [1.807, 2.05) is 82.3 Å². The second-order valence-electron chi connectivity index (χ2n) is 7.48. The van der Waals surface area contributed by atoms with Gasteiger partial charge in [-0.25, -0.2) is 0 Å². The van der Waals surface area contributed by atoms with Gasteiger partial charge >= 0.3 is 0 Å². The molecule has 0 aliphatic rings. The summed E-state index contributed by atoms with van der Waals surface area (Å²) in [4.78, 5) is 26.0. The quantitative estimate of drug-likeness (QED) is 0.484. The molecule has 0 heterocycles. The summed E-state index contributed by atoms with van der Waals surface area (Å²) in [5.41, 5.74) is 5.40. The highest BCUT2D eigenvalue weighted by Gasteiger charge is 2.15. The van der Waals surface area contributed by atoms with Crippen LogP contribution in [0.2, 0.25) is 0 Å². The van der Waals surface area contributed by atoms with Crippen molar-refractivity contribution in [1.29, 1.82) is 0 Å². The number of benzene rings is 3. The number of carbonyl (C=O) groups is 2. The van der Waals surface area contributed by atoms with Gasteiger partial charge in [0.15, 0.2) is 0 Å². The number of amides is 2. The number of nitrogens with one attached hydrogen (secondary N) is 2. The van der Waals surface area contributed by atoms with Crippen LogP contribution < -0.4 is 10.6 Å². The first-order valence-electron chi connectivity index (χ1n) is 9.84. The fourth-order valence-electron chi connectivity index (χ4n) is 3.19. The molecule has 3 aromatic carbocycles. The van der Waals surface area contributed by atoms with E-state index in [-0.39, 0.29) is 17.1 Å². The molecule has 2 amide bonds. The van der Waals surface area contributed by atoms with E-state index in [4.69, 9.17) is 0 Å². The van der Waals surface area contributed by atoms with E-state index in [9.17, 15) is 9.59 Å². The van der Waals surface area contributed by atoms with Crippen LogP contribution in [0.15, 0.2) is 71.6 Å². The van der Waals surface area contributed by atoms with Crippen LogP contribution in [0, 0.1) is 20.8 Å². The van der Waals surface area contributed by atoms with Gasteiger partial charge in [-0.2, -0.15) is 0 Å². The standard InChI is InChI=1S/C25H26N2O2S/c1-16-7-5-8-20(12-16)25(29)26-21-9-6-10-23(15-21)30-19(4)24(28)27-22-13-17(2)11-18(3)14-22/h5-15,19H,1-4H3,(H,26,29)(H,27,28). The predicted octanol–water partition coefficient (Wildman–Crippen LogP) is 5.98. The fraction of sp³-hybridized carbons (Fsp3) is 0.200. The number of hydrogen-bond donors (Lipinski definition) is 2. The minimum atomic E-state index is -0.284. The Morgan fingerprint density at radius 2 is 1.47 bits per heavy atom. The highest BCUT2D eigenvalue weighted by atomic mass is 32.2. The van der Waals surface area contributed by atoms with Crippen molar-refractivity contribution in [3.05, 3.63) is 89.0 Å². The minimum Gasteiger partial charge on any atom is -0.325 e.